The van der Waals surface area contributed by atoms with Crippen molar-refractivity contribution in [2.45, 2.75) is 19.4 Å². The number of nitrogens with one attached hydrogen (secondary N) is 1. The van der Waals surface area contributed by atoms with E-state index in [0.29, 0.717) is 28.4 Å². The molecule has 0 bridgehead atoms. The molecular formula is C19H16F3N3O4. The fourth-order valence-electron chi connectivity index (χ4n) is 2.48. The summed E-state index contributed by atoms with van der Waals surface area (Å²) in [5.74, 6) is 0.0139. The minimum atomic E-state index is -4.79. The molecule has 0 aliphatic carbocycles. The lowest BCUT2D eigenvalue weighted by Gasteiger charge is -2.14. The topological polar surface area (TPSA) is 97.5 Å². The molecule has 29 heavy (non-hydrogen) atoms. The molecule has 3 rings (SSSR count). The van der Waals surface area contributed by atoms with Gasteiger partial charge in [0.05, 0.1) is 6.10 Å². The summed E-state index contributed by atoms with van der Waals surface area (Å²) in [6.45, 7) is 1.57. The summed E-state index contributed by atoms with van der Waals surface area (Å²) in [7, 11) is 0. The molecule has 0 radical (unpaired) electrons. The molecule has 0 saturated carbocycles. The van der Waals surface area contributed by atoms with Crippen LogP contribution in [0.3, 0.4) is 0 Å². The molecule has 3 aromatic rings. The number of hydrogen-bond donors (Lipinski definition) is 2. The number of aliphatic hydroxyl groups is 1. The normalized spacial score (nSPS) is 12.4. The Balaban J connectivity index is 1.55. The molecule has 0 aliphatic rings. The number of aromatic nitrogens is 2. The van der Waals surface area contributed by atoms with Crippen LogP contribution in [0.25, 0.3) is 11.5 Å². The van der Waals surface area contributed by atoms with E-state index >= 15 is 0 Å². The summed E-state index contributed by atoms with van der Waals surface area (Å²) in [6.07, 6.45) is -5.88. The Morgan fingerprint density at radius 2 is 1.83 bits per heavy atom. The van der Waals surface area contributed by atoms with Crippen LogP contribution in [-0.2, 0) is 0 Å². The number of aliphatic hydroxyl groups excluding tert-OH is 1. The van der Waals surface area contributed by atoms with Crippen LogP contribution in [0.5, 0.6) is 5.75 Å². The monoisotopic (exact) mass is 407 g/mol. The Hall–Kier alpha value is -3.40. The first-order valence-corrected chi connectivity index (χ1v) is 8.44. The molecule has 0 aliphatic heterocycles. The van der Waals surface area contributed by atoms with Crippen LogP contribution >= 0.6 is 0 Å². The van der Waals surface area contributed by atoms with Crippen LogP contribution in [0.2, 0.25) is 0 Å². The van der Waals surface area contributed by atoms with Crippen LogP contribution in [-0.4, -0.2) is 34.1 Å². The lowest BCUT2D eigenvalue weighted by atomic mass is 10.1. The zero-order valence-corrected chi connectivity index (χ0v) is 15.1. The summed E-state index contributed by atoms with van der Waals surface area (Å²) in [6, 6.07) is 11.2. The number of carbonyl (C=O) groups excluding carboxylic acids is 1. The molecule has 1 unspecified atom stereocenters. The van der Waals surface area contributed by atoms with E-state index in [9.17, 15) is 23.1 Å². The number of hydrogen-bond acceptors (Lipinski definition) is 6. The molecule has 1 amide bonds. The van der Waals surface area contributed by atoms with E-state index in [4.69, 9.17) is 4.52 Å². The number of carbonyl (C=O) groups is 1. The highest BCUT2D eigenvalue weighted by molar-refractivity contribution is 5.94. The number of aryl methyl sites for hydroxylation is 1. The summed E-state index contributed by atoms with van der Waals surface area (Å²) < 4.78 is 45.3. The number of alkyl halides is 3. The van der Waals surface area contributed by atoms with Crippen molar-refractivity contribution >= 4 is 5.91 Å². The predicted molar refractivity (Wildman–Crippen MR) is 94.9 cm³/mol. The van der Waals surface area contributed by atoms with Gasteiger partial charge in [-0.05, 0) is 48.9 Å². The second-order valence-corrected chi connectivity index (χ2v) is 6.07. The molecule has 0 saturated heterocycles. The van der Waals surface area contributed by atoms with E-state index in [-0.39, 0.29) is 6.54 Å². The zero-order chi connectivity index (χ0) is 21.0. The van der Waals surface area contributed by atoms with Gasteiger partial charge < -0.3 is 19.7 Å². The van der Waals surface area contributed by atoms with Gasteiger partial charge in [0.25, 0.3) is 11.8 Å². The van der Waals surface area contributed by atoms with Gasteiger partial charge >= 0.3 is 6.36 Å². The highest BCUT2D eigenvalue weighted by atomic mass is 19.4. The molecular weight excluding hydrogens is 391 g/mol. The van der Waals surface area contributed by atoms with Crippen molar-refractivity contribution in [2.24, 2.45) is 0 Å². The van der Waals surface area contributed by atoms with Gasteiger partial charge in [0.15, 0.2) is 5.82 Å². The lowest BCUT2D eigenvalue weighted by Crippen LogP contribution is -2.28. The molecule has 152 valence electrons. The second kappa shape index (κ2) is 8.31. The highest BCUT2D eigenvalue weighted by Gasteiger charge is 2.31. The molecule has 7 nitrogen and oxygen atoms in total. The maximum atomic E-state index is 12.2. The lowest BCUT2D eigenvalue weighted by molar-refractivity contribution is -0.274. The van der Waals surface area contributed by atoms with Gasteiger partial charge in [-0.25, -0.2) is 0 Å². The molecule has 10 heteroatoms. The largest absolute Gasteiger partial charge is 0.573 e. The number of benzene rings is 2. The third kappa shape index (κ3) is 5.55. The highest BCUT2D eigenvalue weighted by Crippen LogP contribution is 2.24. The van der Waals surface area contributed by atoms with E-state index in [0.717, 1.165) is 12.1 Å². The standard InChI is InChI=1S/C19H16F3N3O4/c1-11-24-18(29-25-11)14-4-2-13(3-5-14)17(27)23-10-16(26)12-6-8-15(9-7-12)28-19(20,21)22/h2-9,16,26H,10H2,1H3,(H,23,27). The van der Waals surface area contributed by atoms with Gasteiger partial charge in [0.2, 0.25) is 0 Å². The molecule has 2 aromatic carbocycles. The molecule has 0 spiro atoms. The Labute approximate surface area is 163 Å². The second-order valence-electron chi connectivity index (χ2n) is 6.07. The van der Waals surface area contributed by atoms with Gasteiger partial charge in [-0.1, -0.05) is 17.3 Å². The Morgan fingerprint density at radius 3 is 2.38 bits per heavy atom. The quantitative estimate of drug-likeness (QED) is 0.650. The van der Waals surface area contributed by atoms with Crippen molar-refractivity contribution in [3.8, 4) is 17.2 Å². The van der Waals surface area contributed by atoms with Crippen LogP contribution in [0.15, 0.2) is 53.1 Å². The van der Waals surface area contributed by atoms with E-state index in [1.807, 2.05) is 0 Å². The van der Waals surface area contributed by atoms with Gasteiger partial charge in [0, 0.05) is 17.7 Å². The average Bonchev–Trinajstić information content (AvgIpc) is 3.11. The summed E-state index contributed by atoms with van der Waals surface area (Å²) in [5.41, 5.74) is 1.34. The molecule has 1 aromatic heterocycles. The molecule has 0 fully saturated rings. The molecule has 1 atom stereocenters. The van der Waals surface area contributed by atoms with Gasteiger partial charge in [0.1, 0.15) is 5.75 Å². The summed E-state index contributed by atoms with van der Waals surface area (Å²) in [4.78, 5) is 16.3. The van der Waals surface area contributed by atoms with Crippen molar-refractivity contribution < 1.29 is 32.3 Å². The number of amides is 1. The zero-order valence-electron chi connectivity index (χ0n) is 15.1. The first-order chi connectivity index (χ1) is 13.7. The van der Waals surface area contributed by atoms with Crippen molar-refractivity contribution in [1.82, 2.24) is 15.5 Å². The van der Waals surface area contributed by atoms with Gasteiger partial charge in [-0.15, -0.1) is 13.2 Å². The number of ether oxygens (including phenoxy) is 1. The molecule has 1 heterocycles. The van der Waals surface area contributed by atoms with Crippen LogP contribution < -0.4 is 10.1 Å². The third-order valence-electron chi connectivity index (χ3n) is 3.88. The SMILES string of the molecule is Cc1noc(-c2ccc(C(=O)NCC(O)c3ccc(OC(F)(F)F)cc3)cc2)n1. The minimum absolute atomic E-state index is 0.122. The van der Waals surface area contributed by atoms with E-state index in [1.54, 1.807) is 31.2 Å². The van der Waals surface area contributed by atoms with E-state index in [2.05, 4.69) is 20.2 Å². The predicted octanol–water partition coefficient (Wildman–Crippen LogP) is 3.41. The smallest absolute Gasteiger partial charge is 0.406 e. The van der Waals surface area contributed by atoms with Crippen molar-refractivity contribution in [1.29, 1.82) is 0 Å². The maximum absolute atomic E-state index is 12.2. The number of halogens is 3. The van der Waals surface area contributed by atoms with Crippen LogP contribution in [0.1, 0.15) is 27.8 Å². The maximum Gasteiger partial charge on any atom is 0.573 e. The van der Waals surface area contributed by atoms with Crippen molar-refractivity contribution in [3.05, 3.63) is 65.5 Å². The summed E-state index contributed by atoms with van der Waals surface area (Å²) in [5, 5.41) is 16.4. The third-order valence-corrected chi connectivity index (χ3v) is 3.88. The van der Waals surface area contributed by atoms with Crippen LogP contribution in [0, 0.1) is 6.92 Å². The average molecular weight is 407 g/mol. The van der Waals surface area contributed by atoms with E-state index < -0.39 is 24.1 Å². The minimum Gasteiger partial charge on any atom is -0.406 e. The first-order valence-electron chi connectivity index (χ1n) is 8.44. The van der Waals surface area contributed by atoms with E-state index in [1.165, 1.54) is 12.1 Å². The number of rotatable bonds is 6. The van der Waals surface area contributed by atoms with Crippen molar-refractivity contribution in [3.63, 3.8) is 0 Å². The fourth-order valence-corrected chi connectivity index (χ4v) is 2.48. The number of nitrogens with zero attached hydrogens (tertiary/aromatic N) is 2. The van der Waals surface area contributed by atoms with Crippen molar-refractivity contribution in [2.75, 3.05) is 6.54 Å². The Kier molecular flexibility index (Phi) is 5.83. The Morgan fingerprint density at radius 1 is 1.17 bits per heavy atom. The molecule has 2 N–H and O–H groups in total. The van der Waals surface area contributed by atoms with Crippen LogP contribution in [0.4, 0.5) is 13.2 Å². The van der Waals surface area contributed by atoms with Gasteiger partial charge in [-0.2, -0.15) is 4.98 Å². The summed E-state index contributed by atoms with van der Waals surface area (Å²) >= 11 is 0. The fraction of sp³-hybridized carbons (Fsp3) is 0.211. The van der Waals surface area contributed by atoms with Gasteiger partial charge in [-0.3, -0.25) is 4.79 Å². The first kappa shape index (κ1) is 20.3. The Bertz CT molecular complexity index is 970.